The Labute approximate surface area is 134 Å². The molecule has 0 fully saturated rings. The lowest BCUT2D eigenvalue weighted by Gasteiger charge is -2.04. The SMILES string of the molecule is CCCCCC#C/C=C/C(CCCCCCCC=O)[N+](=O)[O-]. The highest BCUT2D eigenvalue weighted by Gasteiger charge is 2.14. The molecular formula is C18H29NO3. The Bertz CT molecular complexity index is 380. The molecule has 0 aromatic rings. The van der Waals surface area contributed by atoms with Crippen LogP contribution in [-0.4, -0.2) is 17.3 Å². The second-order valence-electron chi connectivity index (χ2n) is 5.50. The van der Waals surface area contributed by atoms with Crippen LogP contribution >= 0.6 is 0 Å². The van der Waals surface area contributed by atoms with Crippen molar-refractivity contribution in [3.05, 3.63) is 22.3 Å². The largest absolute Gasteiger partial charge is 0.303 e. The van der Waals surface area contributed by atoms with Gasteiger partial charge in [-0.05, 0) is 31.4 Å². The fraction of sp³-hybridized carbons (Fsp3) is 0.722. The summed E-state index contributed by atoms with van der Waals surface area (Å²) in [5.41, 5.74) is 0. The highest BCUT2D eigenvalue weighted by atomic mass is 16.6. The lowest BCUT2D eigenvalue weighted by atomic mass is 10.1. The van der Waals surface area contributed by atoms with Crippen molar-refractivity contribution in [3.8, 4) is 11.8 Å². The van der Waals surface area contributed by atoms with Crippen molar-refractivity contribution >= 4 is 6.29 Å². The molecule has 124 valence electrons. The number of allylic oxidation sites excluding steroid dienone is 1. The van der Waals surface area contributed by atoms with Crippen LogP contribution in [0.4, 0.5) is 0 Å². The Hall–Kier alpha value is -1.63. The summed E-state index contributed by atoms with van der Waals surface area (Å²) in [5.74, 6) is 5.91. The summed E-state index contributed by atoms with van der Waals surface area (Å²) in [6.45, 7) is 2.15. The number of rotatable bonds is 13. The van der Waals surface area contributed by atoms with E-state index in [4.69, 9.17) is 0 Å². The minimum Gasteiger partial charge on any atom is -0.303 e. The Kier molecular flexibility index (Phi) is 14.6. The van der Waals surface area contributed by atoms with Crippen molar-refractivity contribution in [2.75, 3.05) is 0 Å². The number of carbonyl (C=O) groups excluding carboxylic acids is 1. The number of nitrogens with zero attached hydrogens (tertiary/aromatic N) is 1. The molecule has 0 bridgehead atoms. The van der Waals surface area contributed by atoms with Crippen molar-refractivity contribution in [3.63, 3.8) is 0 Å². The zero-order chi connectivity index (χ0) is 16.5. The van der Waals surface area contributed by atoms with Gasteiger partial charge >= 0.3 is 0 Å². The van der Waals surface area contributed by atoms with E-state index in [2.05, 4.69) is 18.8 Å². The van der Waals surface area contributed by atoms with E-state index < -0.39 is 6.04 Å². The smallest absolute Gasteiger partial charge is 0.232 e. The molecule has 0 N–H and O–H groups in total. The lowest BCUT2D eigenvalue weighted by molar-refractivity contribution is -0.510. The van der Waals surface area contributed by atoms with Crippen LogP contribution in [0.15, 0.2) is 12.2 Å². The minimum absolute atomic E-state index is 0.234. The van der Waals surface area contributed by atoms with E-state index in [1.165, 1.54) is 12.8 Å². The molecule has 22 heavy (non-hydrogen) atoms. The summed E-state index contributed by atoms with van der Waals surface area (Å²) in [4.78, 5) is 20.9. The van der Waals surface area contributed by atoms with E-state index in [-0.39, 0.29) is 4.92 Å². The van der Waals surface area contributed by atoms with E-state index in [1.54, 1.807) is 12.2 Å². The fourth-order valence-corrected chi connectivity index (χ4v) is 2.14. The second-order valence-corrected chi connectivity index (χ2v) is 5.50. The molecule has 0 saturated heterocycles. The number of hydrogen-bond donors (Lipinski definition) is 0. The van der Waals surface area contributed by atoms with Gasteiger partial charge in [0.1, 0.15) is 6.29 Å². The Morgan fingerprint density at radius 1 is 1.09 bits per heavy atom. The molecule has 0 spiro atoms. The molecular weight excluding hydrogens is 278 g/mol. The van der Waals surface area contributed by atoms with E-state index in [9.17, 15) is 14.9 Å². The van der Waals surface area contributed by atoms with Gasteiger partial charge in [0.05, 0.1) is 0 Å². The third kappa shape index (κ3) is 13.4. The van der Waals surface area contributed by atoms with Gasteiger partial charge in [0.2, 0.25) is 6.04 Å². The monoisotopic (exact) mass is 307 g/mol. The molecule has 4 heteroatoms. The highest BCUT2D eigenvalue weighted by Crippen LogP contribution is 2.10. The van der Waals surface area contributed by atoms with E-state index >= 15 is 0 Å². The molecule has 0 rings (SSSR count). The predicted molar refractivity (Wildman–Crippen MR) is 90.2 cm³/mol. The Balaban J connectivity index is 3.86. The van der Waals surface area contributed by atoms with Crippen molar-refractivity contribution in [2.45, 2.75) is 83.6 Å². The van der Waals surface area contributed by atoms with Gasteiger partial charge in [0.25, 0.3) is 0 Å². The summed E-state index contributed by atoms with van der Waals surface area (Å²) in [6, 6.07) is -0.625. The number of aldehydes is 1. The Morgan fingerprint density at radius 2 is 1.82 bits per heavy atom. The van der Waals surface area contributed by atoms with Crippen LogP contribution < -0.4 is 0 Å². The van der Waals surface area contributed by atoms with Crippen LogP contribution in [0.3, 0.4) is 0 Å². The minimum atomic E-state index is -0.625. The summed E-state index contributed by atoms with van der Waals surface area (Å²) < 4.78 is 0. The molecule has 0 aromatic carbocycles. The van der Waals surface area contributed by atoms with Crippen LogP contribution in [-0.2, 0) is 4.79 Å². The van der Waals surface area contributed by atoms with Crippen molar-refractivity contribution in [1.29, 1.82) is 0 Å². The first-order valence-corrected chi connectivity index (χ1v) is 8.44. The van der Waals surface area contributed by atoms with E-state index in [1.807, 2.05) is 0 Å². The number of unbranched alkanes of at least 4 members (excludes halogenated alkanes) is 8. The molecule has 0 aliphatic carbocycles. The Morgan fingerprint density at radius 3 is 2.50 bits per heavy atom. The third-order valence-electron chi connectivity index (χ3n) is 3.50. The molecule has 1 atom stereocenters. The zero-order valence-electron chi connectivity index (χ0n) is 13.8. The first-order chi connectivity index (χ1) is 10.7. The summed E-state index contributed by atoms with van der Waals surface area (Å²) >= 11 is 0. The molecule has 0 heterocycles. The quantitative estimate of drug-likeness (QED) is 0.163. The average Bonchev–Trinajstić information content (AvgIpc) is 2.50. The average molecular weight is 307 g/mol. The van der Waals surface area contributed by atoms with Crippen LogP contribution in [0.1, 0.15) is 77.6 Å². The molecule has 0 aliphatic rings. The van der Waals surface area contributed by atoms with Gasteiger partial charge in [0.15, 0.2) is 0 Å². The molecule has 4 nitrogen and oxygen atoms in total. The number of hydrogen-bond acceptors (Lipinski definition) is 3. The topological polar surface area (TPSA) is 60.2 Å². The molecule has 1 unspecified atom stereocenters. The molecule has 0 radical (unpaired) electrons. The maximum absolute atomic E-state index is 11.0. The molecule has 0 saturated carbocycles. The van der Waals surface area contributed by atoms with Crippen molar-refractivity contribution in [2.24, 2.45) is 0 Å². The number of nitro groups is 1. The van der Waals surface area contributed by atoms with Gasteiger partial charge in [-0.1, -0.05) is 50.9 Å². The first kappa shape index (κ1) is 20.4. The lowest BCUT2D eigenvalue weighted by Crippen LogP contribution is -2.16. The van der Waals surface area contributed by atoms with Crippen LogP contribution in [0, 0.1) is 22.0 Å². The summed E-state index contributed by atoms with van der Waals surface area (Å²) in [6.07, 6.45) is 14.5. The van der Waals surface area contributed by atoms with Crippen molar-refractivity contribution in [1.82, 2.24) is 0 Å². The van der Waals surface area contributed by atoms with Gasteiger partial charge in [-0.2, -0.15) is 0 Å². The summed E-state index contributed by atoms with van der Waals surface area (Å²) in [5, 5.41) is 11.0. The molecule has 0 aliphatic heterocycles. The fourth-order valence-electron chi connectivity index (χ4n) is 2.14. The van der Waals surface area contributed by atoms with Crippen molar-refractivity contribution < 1.29 is 9.72 Å². The standard InChI is InChI=1S/C18H29NO3/c1-2-3-4-5-6-9-12-15-18(19(21)22)16-13-10-7-8-11-14-17-20/h12,15,17-18H,2-5,7-8,10-11,13-14,16H2,1H3/b15-12+. The van der Waals surface area contributed by atoms with Crippen LogP contribution in [0.5, 0.6) is 0 Å². The predicted octanol–water partition coefficient (Wildman–Crippen LogP) is 4.70. The molecule has 0 aromatic heterocycles. The third-order valence-corrected chi connectivity index (χ3v) is 3.50. The van der Waals surface area contributed by atoms with E-state index in [0.29, 0.717) is 12.8 Å². The normalized spacial score (nSPS) is 11.9. The number of carbonyl (C=O) groups is 1. The molecule has 0 amide bonds. The maximum Gasteiger partial charge on any atom is 0.232 e. The highest BCUT2D eigenvalue weighted by molar-refractivity contribution is 5.48. The first-order valence-electron chi connectivity index (χ1n) is 8.44. The summed E-state index contributed by atoms with van der Waals surface area (Å²) in [7, 11) is 0. The van der Waals surface area contributed by atoms with Crippen LogP contribution in [0.2, 0.25) is 0 Å². The zero-order valence-corrected chi connectivity index (χ0v) is 13.8. The van der Waals surface area contributed by atoms with Crippen LogP contribution in [0.25, 0.3) is 0 Å². The van der Waals surface area contributed by atoms with Gasteiger partial charge in [-0.25, -0.2) is 0 Å². The van der Waals surface area contributed by atoms with E-state index in [0.717, 1.165) is 51.2 Å². The van der Waals surface area contributed by atoms with Gasteiger partial charge in [0, 0.05) is 24.2 Å². The van der Waals surface area contributed by atoms with Gasteiger partial charge < -0.3 is 4.79 Å². The van der Waals surface area contributed by atoms with Gasteiger partial charge in [-0.15, -0.1) is 0 Å². The second kappa shape index (κ2) is 15.8. The van der Waals surface area contributed by atoms with Gasteiger partial charge in [-0.3, -0.25) is 10.1 Å². The maximum atomic E-state index is 11.0.